The first-order valence-electron chi connectivity index (χ1n) is 5.22. The van der Waals surface area contributed by atoms with Crippen molar-refractivity contribution in [2.75, 3.05) is 17.6 Å². The Morgan fingerprint density at radius 1 is 1.40 bits per heavy atom. The number of aromatic nitrogens is 2. The van der Waals surface area contributed by atoms with Gasteiger partial charge in [0.25, 0.3) is 0 Å². The molecule has 0 radical (unpaired) electrons. The zero-order valence-electron chi connectivity index (χ0n) is 8.61. The molecule has 15 heavy (non-hydrogen) atoms. The van der Waals surface area contributed by atoms with E-state index in [0.29, 0.717) is 18.2 Å². The van der Waals surface area contributed by atoms with E-state index in [1.165, 1.54) is 6.33 Å². The third kappa shape index (κ3) is 2.56. The molecule has 5 heteroatoms. The summed E-state index contributed by atoms with van der Waals surface area (Å²) < 4.78 is 0. The van der Waals surface area contributed by atoms with E-state index in [4.69, 9.17) is 5.73 Å². The molecule has 5 nitrogen and oxygen atoms in total. The molecule has 0 aliphatic heterocycles. The van der Waals surface area contributed by atoms with E-state index < -0.39 is 5.60 Å². The predicted octanol–water partition coefficient (Wildman–Crippen LogP) is 0.776. The highest BCUT2D eigenvalue weighted by atomic mass is 16.3. The summed E-state index contributed by atoms with van der Waals surface area (Å²) in [6, 6.07) is 1.66. The van der Waals surface area contributed by atoms with Gasteiger partial charge in [0, 0.05) is 12.6 Å². The summed E-state index contributed by atoms with van der Waals surface area (Å²) in [6.45, 7) is 0.531. The standard InChI is InChI=1S/C10H16N4O/c11-8-5-9(14-7-13-8)12-6-10(15)3-1-2-4-10/h5,7,15H,1-4,6H2,(H3,11,12,13,14). The van der Waals surface area contributed by atoms with Gasteiger partial charge in [-0.2, -0.15) is 0 Å². The smallest absolute Gasteiger partial charge is 0.131 e. The topological polar surface area (TPSA) is 84.1 Å². The number of nitrogens with two attached hydrogens (primary N) is 1. The molecule has 0 amide bonds. The SMILES string of the molecule is Nc1cc(NCC2(O)CCCC2)ncn1. The van der Waals surface area contributed by atoms with E-state index in [9.17, 15) is 5.11 Å². The van der Waals surface area contributed by atoms with Gasteiger partial charge in [0.05, 0.1) is 5.60 Å². The molecule has 1 aliphatic carbocycles. The molecule has 1 fully saturated rings. The Morgan fingerprint density at radius 2 is 2.13 bits per heavy atom. The molecule has 0 spiro atoms. The molecule has 0 atom stereocenters. The summed E-state index contributed by atoms with van der Waals surface area (Å²) in [6.07, 6.45) is 5.34. The molecule has 82 valence electrons. The minimum absolute atomic E-state index is 0.436. The third-order valence-corrected chi connectivity index (χ3v) is 2.82. The van der Waals surface area contributed by atoms with Crippen LogP contribution in [0.4, 0.5) is 11.6 Å². The second-order valence-corrected chi connectivity index (χ2v) is 4.11. The van der Waals surface area contributed by atoms with Crippen molar-refractivity contribution in [2.45, 2.75) is 31.3 Å². The largest absolute Gasteiger partial charge is 0.388 e. The van der Waals surface area contributed by atoms with E-state index in [1.807, 2.05) is 0 Å². The van der Waals surface area contributed by atoms with Gasteiger partial charge in [-0.15, -0.1) is 0 Å². The quantitative estimate of drug-likeness (QED) is 0.683. The van der Waals surface area contributed by atoms with Crippen molar-refractivity contribution in [1.82, 2.24) is 9.97 Å². The summed E-state index contributed by atoms with van der Waals surface area (Å²) in [5.74, 6) is 1.11. The third-order valence-electron chi connectivity index (χ3n) is 2.82. The van der Waals surface area contributed by atoms with Crippen molar-refractivity contribution >= 4 is 11.6 Å². The molecule has 2 rings (SSSR count). The van der Waals surface area contributed by atoms with Gasteiger partial charge in [0.1, 0.15) is 18.0 Å². The maximum atomic E-state index is 10.1. The fraction of sp³-hybridized carbons (Fsp3) is 0.600. The van der Waals surface area contributed by atoms with Crippen LogP contribution in [0, 0.1) is 0 Å². The number of hydrogen-bond donors (Lipinski definition) is 3. The number of aliphatic hydroxyl groups is 1. The van der Waals surface area contributed by atoms with Crippen LogP contribution >= 0.6 is 0 Å². The molecule has 0 saturated heterocycles. The van der Waals surface area contributed by atoms with Gasteiger partial charge in [0.2, 0.25) is 0 Å². The zero-order chi connectivity index (χ0) is 10.7. The van der Waals surface area contributed by atoms with E-state index in [0.717, 1.165) is 25.7 Å². The molecular formula is C10H16N4O. The van der Waals surface area contributed by atoms with Crippen LogP contribution in [-0.4, -0.2) is 27.2 Å². The lowest BCUT2D eigenvalue weighted by atomic mass is 10.0. The molecule has 0 aromatic carbocycles. The van der Waals surface area contributed by atoms with Crippen LogP contribution in [0.15, 0.2) is 12.4 Å². The molecule has 1 aromatic rings. The number of anilines is 2. The van der Waals surface area contributed by atoms with Crippen molar-refractivity contribution in [3.63, 3.8) is 0 Å². The normalized spacial score (nSPS) is 19.0. The number of hydrogen-bond acceptors (Lipinski definition) is 5. The zero-order valence-corrected chi connectivity index (χ0v) is 8.61. The van der Waals surface area contributed by atoms with Crippen molar-refractivity contribution < 1.29 is 5.11 Å². The highest BCUT2D eigenvalue weighted by molar-refractivity contribution is 5.43. The molecule has 1 saturated carbocycles. The maximum absolute atomic E-state index is 10.1. The number of nitrogen functional groups attached to an aromatic ring is 1. The van der Waals surface area contributed by atoms with Gasteiger partial charge in [-0.1, -0.05) is 12.8 Å². The highest BCUT2D eigenvalue weighted by Crippen LogP contribution is 2.29. The minimum Gasteiger partial charge on any atom is -0.388 e. The summed E-state index contributed by atoms with van der Waals surface area (Å²) in [7, 11) is 0. The van der Waals surface area contributed by atoms with Crippen molar-refractivity contribution in [3.05, 3.63) is 12.4 Å². The minimum atomic E-state index is -0.570. The Hall–Kier alpha value is -1.36. The fourth-order valence-corrected chi connectivity index (χ4v) is 1.93. The van der Waals surface area contributed by atoms with Crippen LogP contribution in [0.5, 0.6) is 0 Å². The van der Waals surface area contributed by atoms with E-state index in [2.05, 4.69) is 15.3 Å². The number of rotatable bonds is 3. The molecule has 1 aromatic heterocycles. The van der Waals surface area contributed by atoms with Crippen molar-refractivity contribution in [2.24, 2.45) is 0 Å². The second-order valence-electron chi connectivity index (χ2n) is 4.11. The van der Waals surface area contributed by atoms with Crippen molar-refractivity contribution in [3.8, 4) is 0 Å². The molecule has 0 unspecified atom stereocenters. The summed E-state index contributed by atoms with van der Waals surface area (Å²) in [5.41, 5.74) is 4.95. The monoisotopic (exact) mass is 208 g/mol. The Kier molecular flexibility index (Phi) is 2.73. The Balaban J connectivity index is 1.92. The average Bonchev–Trinajstić information content (AvgIpc) is 2.63. The van der Waals surface area contributed by atoms with Gasteiger partial charge in [0.15, 0.2) is 0 Å². The Labute approximate surface area is 88.7 Å². The first-order chi connectivity index (χ1) is 7.18. The highest BCUT2D eigenvalue weighted by Gasteiger charge is 2.30. The summed E-state index contributed by atoms with van der Waals surface area (Å²) in [5, 5.41) is 13.2. The van der Waals surface area contributed by atoms with Crippen LogP contribution < -0.4 is 11.1 Å². The molecule has 0 bridgehead atoms. The first kappa shape index (κ1) is 10.2. The molecule has 4 N–H and O–H groups in total. The van der Waals surface area contributed by atoms with E-state index >= 15 is 0 Å². The predicted molar refractivity (Wildman–Crippen MR) is 58.4 cm³/mol. The Bertz CT molecular complexity index is 336. The van der Waals surface area contributed by atoms with Gasteiger partial charge >= 0.3 is 0 Å². The van der Waals surface area contributed by atoms with Crippen LogP contribution in [0.1, 0.15) is 25.7 Å². The summed E-state index contributed by atoms with van der Waals surface area (Å²) in [4.78, 5) is 7.82. The van der Waals surface area contributed by atoms with E-state index in [-0.39, 0.29) is 0 Å². The van der Waals surface area contributed by atoms with Crippen LogP contribution in [0.2, 0.25) is 0 Å². The molecule has 1 aliphatic rings. The number of nitrogens with zero attached hydrogens (tertiary/aromatic N) is 2. The van der Waals surface area contributed by atoms with Gasteiger partial charge in [-0.3, -0.25) is 0 Å². The van der Waals surface area contributed by atoms with Gasteiger partial charge in [-0.25, -0.2) is 9.97 Å². The Morgan fingerprint density at radius 3 is 2.80 bits per heavy atom. The lowest BCUT2D eigenvalue weighted by molar-refractivity contribution is 0.0614. The van der Waals surface area contributed by atoms with Gasteiger partial charge < -0.3 is 16.2 Å². The second kappa shape index (κ2) is 4.02. The molecular weight excluding hydrogens is 192 g/mol. The number of nitrogens with one attached hydrogen (secondary N) is 1. The first-order valence-corrected chi connectivity index (χ1v) is 5.22. The van der Waals surface area contributed by atoms with E-state index in [1.54, 1.807) is 6.07 Å². The maximum Gasteiger partial charge on any atom is 0.131 e. The fourth-order valence-electron chi connectivity index (χ4n) is 1.93. The van der Waals surface area contributed by atoms with Crippen LogP contribution in [0.25, 0.3) is 0 Å². The summed E-state index contributed by atoms with van der Waals surface area (Å²) >= 11 is 0. The van der Waals surface area contributed by atoms with Crippen LogP contribution in [0.3, 0.4) is 0 Å². The van der Waals surface area contributed by atoms with Crippen molar-refractivity contribution in [1.29, 1.82) is 0 Å². The average molecular weight is 208 g/mol. The lowest BCUT2D eigenvalue weighted by Gasteiger charge is -2.22. The van der Waals surface area contributed by atoms with Gasteiger partial charge in [-0.05, 0) is 12.8 Å². The lowest BCUT2D eigenvalue weighted by Crippen LogP contribution is -2.33. The van der Waals surface area contributed by atoms with Crippen LogP contribution in [-0.2, 0) is 0 Å². The molecule has 1 heterocycles.